The summed E-state index contributed by atoms with van der Waals surface area (Å²) in [4.78, 5) is 10.9. The van der Waals surface area contributed by atoms with Gasteiger partial charge in [0.25, 0.3) is 0 Å². The normalized spacial score (nSPS) is 10.4. The van der Waals surface area contributed by atoms with Gasteiger partial charge in [-0.2, -0.15) is 5.10 Å². The average molecular weight is 281 g/mol. The van der Waals surface area contributed by atoms with Crippen LogP contribution in [0.15, 0.2) is 28.7 Å². The SMILES string of the molecule is Cc1c(-c2cccc(Br)c2)n[nH]c1C(=O)O. The van der Waals surface area contributed by atoms with E-state index in [1.807, 2.05) is 24.3 Å². The molecule has 2 N–H and O–H groups in total. The van der Waals surface area contributed by atoms with Crippen LogP contribution in [-0.4, -0.2) is 21.3 Å². The lowest BCUT2D eigenvalue weighted by atomic mass is 10.1. The van der Waals surface area contributed by atoms with Crippen LogP contribution in [0.2, 0.25) is 0 Å². The number of nitrogens with one attached hydrogen (secondary N) is 1. The Labute approximate surface area is 100 Å². The molecule has 0 saturated heterocycles. The lowest BCUT2D eigenvalue weighted by Gasteiger charge is -1.99. The molecular weight excluding hydrogens is 272 g/mol. The van der Waals surface area contributed by atoms with E-state index in [4.69, 9.17) is 5.11 Å². The van der Waals surface area contributed by atoms with Gasteiger partial charge in [0, 0.05) is 15.6 Å². The summed E-state index contributed by atoms with van der Waals surface area (Å²) in [6.07, 6.45) is 0. The predicted octanol–water partition coefficient (Wildman–Crippen LogP) is 2.85. The maximum absolute atomic E-state index is 10.9. The van der Waals surface area contributed by atoms with Crippen molar-refractivity contribution in [3.05, 3.63) is 40.0 Å². The average Bonchev–Trinajstić information content (AvgIpc) is 2.60. The number of rotatable bonds is 2. The Morgan fingerprint density at radius 3 is 2.81 bits per heavy atom. The molecule has 0 atom stereocenters. The third-order valence-electron chi connectivity index (χ3n) is 2.32. The number of aromatic carboxylic acids is 1. The number of benzene rings is 1. The lowest BCUT2D eigenvalue weighted by Crippen LogP contribution is -1.98. The molecular formula is C11H9BrN2O2. The highest BCUT2D eigenvalue weighted by atomic mass is 79.9. The van der Waals surface area contributed by atoms with Crippen LogP contribution in [0.25, 0.3) is 11.3 Å². The summed E-state index contributed by atoms with van der Waals surface area (Å²) in [5.41, 5.74) is 2.33. The first kappa shape index (κ1) is 10.9. The highest BCUT2D eigenvalue weighted by Gasteiger charge is 2.15. The zero-order chi connectivity index (χ0) is 11.7. The van der Waals surface area contributed by atoms with Crippen molar-refractivity contribution in [2.75, 3.05) is 0 Å². The molecule has 0 bridgehead atoms. The monoisotopic (exact) mass is 280 g/mol. The minimum Gasteiger partial charge on any atom is -0.477 e. The van der Waals surface area contributed by atoms with Gasteiger partial charge in [-0.15, -0.1) is 0 Å². The van der Waals surface area contributed by atoms with E-state index in [0.717, 1.165) is 10.0 Å². The first-order valence-electron chi connectivity index (χ1n) is 4.64. The van der Waals surface area contributed by atoms with E-state index in [1.54, 1.807) is 6.92 Å². The summed E-state index contributed by atoms with van der Waals surface area (Å²) in [5.74, 6) is -0.994. The van der Waals surface area contributed by atoms with Crippen LogP contribution in [0.4, 0.5) is 0 Å². The van der Waals surface area contributed by atoms with Crippen LogP contribution in [0, 0.1) is 6.92 Å². The quantitative estimate of drug-likeness (QED) is 0.889. The van der Waals surface area contributed by atoms with Crippen molar-refractivity contribution in [2.24, 2.45) is 0 Å². The lowest BCUT2D eigenvalue weighted by molar-refractivity contribution is 0.0689. The Balaban J connectivity index is 2.53. The number of aromatic nitrogens is 2. The summed E-state index contributed by atoms with van der Waals surface area (Å²) < 4.78 is 0.935. The third kappa shape index (κ3) is 1.86. The Kier molecular flexibility index (Phi) is 2.78. The summed E-state index contributed by atoms with van der Waals surface area (Å²) in [7, 11) is 0. The van der Waals surface area contributed by atoms with E-state index in [9.17, 15) is 4.79 Å². The van der Waals surface area contributed by atoms with E-state index in [0.29, 0.717) is 11.3 Å². The fourth-order valence-corrected chi connectivity index (χ4v) is 1.92. The Morgan fingerprint density at radius 1 is 1.50 bits per heavy atom. The van der Waals surface area contributed by atoms with Crippen molar-refractivity contribution in [2.45, 2.75) is 6.92 Å². The molecule has 16 heavy (non-hydrogen) atoms. The van der Waals surface area contributed by atoms with Crippen LogP contribution in [0.5, 0.6) is 0 Å². The van der Waals surface area contributed by atoms with Crippen molar-refractivity contribution in [3.8, 4) is 11.3 Å². The molecule has 0 fully saturated rings. The van der Waals surface area contributed by atoms with Gasteiger partial charge in [0.2, 0.25) is 0 Å². The second kappa shape index (κ2) is 4.09. The number of carbonyl (C=O) groups is 1. The van der Waals surface area contributed by atoms with Crippen molar-refractivity contribution >= 4 is 21.9 Å². The molecule has 0 saturated carbocycles. The molecule has 0 aliphatic heterocycles. The minimum atomic E-state index is -0.994. The zero-order valence-corrected chi connectivity index (χ0v) is 10.1. The molecule has 82 valence electrons. The van der Waals surface area contributed by atoms with Gasteiger partial charge in [0.15, 0.2) is 0 Å². The van der Waals surface area contributed by atoms with Crippen LogP contribution in [-0.2, 0) is 0 Å². The minimum absolute atomic E-state index is 0.134. The van der Waals surface area contributed by atoms with Crippen LogP contribution >= 0.6 is 15.9 Å². The van der Waals surface area contributed by atoms with Gasteiger partial charge in [-0.25, -0.2) is 4.79 Å². The molecule has 1 heterocycles. The molecule has 0 radical (unpaired) electrons. The third-order valence-corrected chi connectivity index (χ3v) is 2.81. The van der Waals surface area contributed by atoms with Crippen molar-refractivity contribution in [1.29, 1.82) is 0 Å². The largest absolute Gasteiger partial charge is 0.477 e. The number of H-pyrrole nitrogens is 1. The maximum atomic E-state index is 10.9. The summed E-state index contributed by atoms with van der Waals surface area (Å²) in [6.45, 7) is 1.74. The van der Waals surface area contributed by atoms with Gasteiger partial charge in [0.05, 0.1) is 5.69 Å². The van der Waals surface area contributed by atoms with Gasteiger partial charge in [-0.3, -0.25) is 5.10 Å². The highest BCUT2D eigenvalue weighted by Crippen LogP contribution is 2.25. The number of carboxylic acid groups (broad SMARTS) is 1. The zero-order valence-electron chi connectivity index (χ0n) is 8.49. The first-order chi connectivity index (χ1) is 7.59. The molecule has 2 aromatic rings. The van der Waals surface area contributed by atoms with Crippen LogP contribution in [0.3, 0.4) is 0 Å². The summed E-state index contributed by atoms with van der Waals surface area (Å²) in [5, 5.41) is 15.4. The predicted molar refractivity (Wildman–Crippen MR) is 63.4 cm³/mol. The Hall–Kier alpha value is -1.62. The molecule has 0 aliphatic carbocycles. The number of halogens is 1. The first-order valence-corrected chi connectivity index (χ1v) is 5.43. The fraction of sp³-hybridized carbons (Fsp3) is 0.0909. The molecule has 4 nitrogen and oxygen atoms in total. The van der Waals surface area contributed by atoms with E-state index in [2.05, 4.69) is 26.1 Å². The van der Waals surface area contributed by atoms with Crippen molar-refractivity contribution < 1.29 is 9.90 Å². The van der Waals surface area contributed by atoms with Crippen molar-refractivity contribution in [1.82, 2.24) is 10.2 Å². The second-order valence-corrected chi connectivity index (χ2v) is 4.30. The molecule has 0 aliphatic rings. The Bertz CT molecular complexity index is 549. The molecule has 0 unspecified atom stereocenters. The number of hydrogen-bond donors (Lipinski definition) is 2. The second-order valence-electron chi connectivity index (χ2n) is 3.39. The van der Waals surface area contributed by atoms with E-state index < -0.39 is 5.97 Å². The van der Waals surface area contributed by atoms with Gasteiger partial charge in [0.1, 0.15) is 5.69 Å². The number of carboxylic acids is 1. The molecule has 1 aromatic carbocycles. The van der Waals surface area contributed by atoms with Gasteiger partial charge >= 0.3 is 5.97 Å². The standard InChI is InChI=1S/C11H9BrN2O2/c1-6-9(13-14-10(6)11(15)16)7-3-2-4-8(12)5-7/h2-5H,1H3,(H,13,14)(H,15,16). The molecule has 5 heteroatoms. The number of aromatic amines is 1. The maximum Gasteiger partial charge on any atom is 0.354 e. The van der Waals surface area contributed by atoms with Gasteiger partial charge in [-0.1, -0.05) is 28.1 Å². The topological polar surface area (TPSA) is 66.0 Å². The molecule has 0 spiro atoms. The van der Waals surface area contributed by atoms with Gasteiger partial charge in [-0.05, 0) is 19.1 Å². The molecule has 1 aromatic heterocycles. The highest BCUT2D eigenvalue weighted by molar-refractivity contribution is 9.10. The fourth-order valence-electron chi connectivity index (χ4n) is 1.52. The molecule has 2 rings (SSSR count). The summed E-state index contributed by atoms with van der Waals surface area (Å²) >= 11 is 3.37. The summed E-state index contributed by atoms with van der Waals surface area (Å²) in [6, 6.07) is 7.58. The van der Waals surface area contributed by atoms with E-state index in [1.165, 1.54) is 0 Å². The van der Waals surface area contributed by atoms with E-state index in [-0.39, 0.29) is 5.69 Å². The van der Waals surface area contributed by atoms with Crippen molar-refractivity contribution in [3.63, 3.8) is 0 Å². The van der Waals surface area contributed by atoms with E-state index >= 15 is 0 Å². The number of hydrogen-bond acceptors (Lipinski definition) is 2. The molecule has 0 amide bonds. The van der Waals surface area contributed by atoms with Crippen LogP contribution in [0.1, 0.15) is 16.1 Å². The van der Waals surface area contributed by atoms with Crippen LogP contribution < -0.4 is 0 Å². The Morgan fingerprint density at radius 2 is 2.25 bits per heavy atom. The van der Waals surface area contributed by atoms with Gasteiger partial charge < -0.3 is 5.11 Å². The number of nitrogens with zero attached hydrogens (tertiary/aromatic N) is 1. The smallest absolute Gasteiger partial charge is 0.354 e.